The van der Waals surface area contributed by atoms with Crippen LogP contribution in [0.3, 0.4) is 0 Å². The SMILES string of the molecule is Cn1nccc1C1CC2CCC(C1)N2C(=O)NC1C2CCOC2C12CCCC2. The van der Waals surface area contributed by atoms with Gasteiger partial charge in [0.1, 0.15) is 0 Å². The third-order valence-corrected chi connectivity index (χ3v) is 8.81. The van der Waals surface area contributed by atoms with Crippen molar-refractivity contribution in [3.05, 3.63) is 18.0 Å². The van der Waals surface area contributed by atoms with Crippen molar-refractivity contribution in [3.63, 3.8) is 0 Å². The molecule has 2 saturated carbocycles. The van der Waals surface area contributed by atoms with Crippen molar-refractivity contribution < 1.29 is 9.53 Å². The zero-order valence-electron chi connectivity index (χ0n) is 16.8. The van der Waals surface area contributed by atoms with E-state index in [4.69, 9.17) is 4.74 Å². The molecule has 5 atom stereocenters. The molecule has 5 unspecified atom stereocenters. The summed E-state index contributed by atoms with van der Waals surface area (Å²) < 4.78 is 8.11. The monoisotopic (exact) mass is 384 g/mol. The molecule has 1 aromatic heterocycles. The summed E-state index contributed by atoms with van der Waals surface area (Å²) >= 11 is 0. The van der Waals surface area contributed by atoms with Gasteiger partial charge in [-0.2, -0.15) is 5.10 Å². The average Bonchev–Trinajstić information content (AvgIpc) is 3.45. The second kappa shape index (κ2) is 6.22. The standard InChI is InChI=1S/C22H32N4O2/c1-25-18(6-10-23-25)14-12-15-4-5-16(13-14)26(15)21(27)24-19-17-7-11-28-20(17)22(19)8-2-3-9-22/h6,10,14-17,19-20H,2-5,7-9,11-13H2,1H3,(H,24,27). The van der Waals surface area contributed by atoms with E-state index < -0.39 is 0 Å². The molecule has 3 saturated heterocycles. The number of hydrogen-bond acceptors (Lipinski definition) is 3. The maximum absolute atomic E-state index is 13.4. The van der Waals surface area contributed by atoms with Gasteiger partial charge in [0.15, 0.2) is 0 Å². The molecule has 152 valence electrons. The van der Waals surface area contributed by atoms with E-state index in [1.165, 1.54) is 31.4 Å². The van der Waals surface area contributed by atoms with Crippen molar-refractivity contribution in [3.8, 4) is 0 Å². The first-order valence-electron chi connectivity index (χ1n) is 11.4. The van der Waals surface area contributed by atoms with Crippen molar-refractivity contribution >= 4 is 6.03 Å². The van der Waals surface area contributed by atoms with Crippen LogP contribution in [0.2, 0.25) is 0 Å². The number of carbonyl (C=O) groups is 1. The highest BCUT2D eigenvalue weighted by Crippen LogP contribution is 2.60. The summed E-state index contributed by atoms with van der Waals surface area (Å²) in [4.78, 5) is 15.6. The quantitative estimate of drug-likeness (QED) is 0.852. The number of nitrogens with zero attached hydrogens (tertiary/aromatic N) is 3. The first-order valence-corrected chi connectivity index (χ1v) is 11.4. The molecule has 0 radical (unpaired) electrons. The fraction of sp³-hybridized carbons (Fsp3) is 0.818. The molecule has 0 aromatic carbocycles. The molecule has 6 rings (SSSR count). The first-order chi connectivity index (χ1) is 13.7. The van der Waals surface area contributed by atoms with E-state index in [-0.39, 0.29) is 11.4 Å². The van der Waals surface area contributed by atoms with Gasteiger partial charge in [-0.15, -0.1) is 0 Å². The maximum Gasteiger partial charge on any atom is 0.318 e. The molecule has 2 aliphatic carbocycles. The number of ether oxygens (including phenoxy) is 1. The number of fused-ring (bicyclic) bond motifs is 4. The predicted molar refractivity (Wildman–Crippen MR) is 105 cm³/mol. The Kier molecular flexibility index (Phi) is 3.84. The van der Waals surface area contributed by atoms with Gasteiger partial charge in [-0.05, 0) is 51.0 Å². The summed E-state index contributed by atoms with van der Waals surface area (Å²) in [5.41, 5.74) is 1.56. The Bertz CT molecular complexity index is 756. The molecular weight excluding hydrogens is 352 g/mol. The number of hydrogen-bond donors (Lipinski definition) is 1. The van der Waals surface area contributed by atoms with Crippen LogP contribution in [-0.4, -0.2) is 51.5 Å². The summed E-state index contributed by atoms with van der Waals surface area (Å²) in [6.07, 6.45) is 12.9. The summed E-state index contributed by atoms with van der Waals surface area (Å²) in [6.45, 7) is 0.880. The third kappa shape index (κ3) is 2.30. The summed E-state index contributed by atoms with van der Waals surface area (Å²) in [6, 6.07) is 3.46. The van der Waals surface area contributed by atoms with E-state index in [0.29, 0.717) is 36.1 Å². The van der Waals surface area contributed by atoms with Crippen molar-refractivity contribution in [1.29, 1.82) is 0 Å². The second-order valence-corrected chi connectivity index (χ2v) is 9.95. The van der Waals surface area contributed by atoms with E-state index in [1.54, 1.807) is 0 Å². The number of aromatic nitrogens is 2. The molecule has 1 aromatic rings. The maximum atomic E-state index is 13.4. The Hall–Kier alpha value is -1.56. The topological polar surface area (TPSA) is 59.4 Å². The van der Waals surface area contributed by atoms with E-state index >= 15 is 0 Å². The lowest BCUT2D eigenvalue weighted by Crippen LogP contribution is -2.69. The average molecular weight is 385 g/mol. The zero-order chi connectivity index (χ0) is 18.9. The van der Waals surface area contributed by atoms with Crippen LogP contribution >= 0.6 is 0 Å². The van der Waals surface area contributed by atoms with E-state index in [1.807, 2.05) is 17.9 Å². The third-order valence-electron chi connectivity index (χ3n) is 8.81. The summed E-state index contributed by atoms with van der Waals surface area (Å²) in [5.74, 6) is 1.08. The fourth-order valence-corrected chi connectivity index (χ4v) is 7.65. The van der Waals surface area contributed by atoms with E-state index in [9.17, 15) is 4.79 Å². The van der Waals surface area contributed by atoms with Crippen LogP contribution < -0.4 is 5.32 Å². The van der Waals surface area contributed by atoms with Crippen molar-refractivity contribution in [2.24, 2.45) is 18.4 Å². The van der Waals surface area contributed by atoms with Crippen LogP contribution in [0.15, 0.2) is 12.3 Å². The lowest BCUT2D eigenvalue weighted by atomic mass is 9.54. The largest absolute Gasteiger partial charge is 0.377 e. The zero-order valence-corrected chi connectivity index (χ0v) is 16.8. The van der Waals surface area contributed by atoms with E-state index in [0.717, 1.165) is 38.7 Å². The van der Waals surface area contributed by atoms with Crippen molar-refractivity contribution in [2.75, 3.05) is 6.61 Å². The molecule has 5 aliphatic rings. The number of nitrogens with one attached hydrogen (secondary N) is 1. The molecule has 28 heavy (non-hydrogen) atoms. The molecule has 6 nitrogen and oxygen atoms in total. The molecular formula is C22H32N4O2. The van der Waals surface area contributed by atoms with Gasteiger partial charge in [0, 0.05) is 60.9 Å². The van der Waals surface area contributed by atoms with Crippen molar-refractivity contribution in [2.45, 2.75) is 87.9 Å². The minimum atomic E-state index is 0.206. The lowest BCUT2D eigenvalue weighted by Gasteiger charge is -2.57. The first kappa shape index (κ1) is 17.3. The number of carbonyl (C=O) groups excluding carboxylic acids is 1. The minimum absolute atomic E-state index is 0.206. The van der Waals surface area contributed by atoms with Crippen LogP contribution in [0.5, 0.6) is 0 Å². The van der Waals surface area contributed by atoms with Crippen LogP contribution in [0.4, 0.5) is 4.79 Å². The molecule has 4 heterocycles. The van der Waals surface area contributed by atoms with Gasteiger partial charge in [0.2, 0.25) is 0 Å². The number of rotatable bonds is 2. The minimum Gasteiger partial charge on any atom is -0.377 e. The Balaban J connectivity index is 1.18. The van der Waals surface area contributed by atoms with Crippen LogP contribution in [-0.2, 0) is 11.8 Å². The number of amides is 2. The Morgan fingerprint density at radius 3 is 2.64 bits per heavy atom. The fourth-order valence-electron chi connectivity index (χ4n) is 7.65. The van der Waals surface area contributed by atoms with Gasteiger partial charge in [0.25, 0.3) is 0 Å². The number of piperidine rings is 1. The molecule has 1 N–H and O–H groups in total. The molecule has 1 spiro atoms. The highest BCUT2D eigenvalue weighted by atomic mass is 16.5. The van der Waals surface area contributed by atoms with Gasteiger partial charge in [-0.25, -0.2) is 4.79 Å². The number of urea groups is 1. The predicted octanol–water partition coefficient (Wildman–Crippen LogP) is 3.19. The summed E-state index contributed by atoms with van der Waals surface area (Å²) in [7, 11) is 2.04. The lowest BCUT2D eigenvalue weighted by molar-refractivity contribution is -0.127. The van der Waals surface area contributed by atoms with Crippen molar-refractivity contribution in [1.82, 2.24) is 20.0 Å². The molecule has 5 fully saturated rings. The molecule has 2 amide bonds. The molecule has 3 aliphatic heterocycles. The van der Waals surface area contributed by atoms with Gasteiger partial charge in [-0.1, -0.05) is 12.8 Å². The molecule has 2 bridgehead atoms. The van der Waals surface area contributed by atoms with Gasteiger partial charge < -0.3 is 15.0 Å². The number of aryl methyl sites for hydroxylation is 1. The smallest absolute Gasteiger partial charge is 0.318 e. The molecule has 6 heteroatoms. The summed E-state index contributed by atoms with van der Waals surface area (Å²) in [5, 5.41) is 7.90. The Morgan fingerprint density at radius 2 is 1.96 bits per heavy atom. The van der Waals surface area contributed by atoms with Gasteiger partial charge in [-0.3, -0.25) is 4.68 Å². The highest BCUT2D eigenvalue weighted by molar-refractivity contribution is 5.76. The van der Waals surface area contributed by atoms with E-state index in [2.05, 4.69) is 21.4 Å². The Morgan fingerprint density at radius 1 is 1.21 bits per heavy atom. The van der Waals surface area contributed by atoms with Gasteiger partial charge >= 0.3 is 6.03 Å². The van der Waals surface area contributed by atoms with Crippen LogP contribution in [0.1, 0.15) is 69.4 Å². The second-order valence-electron chi connectivity index (χ2n) is 9.95. The van der Waals surface area contributed by atoms with Crippen LogP contribution in [0, 0.1) is 11.3 Å². The van der Waals surface area contributed by atoms with Crippen LogP contribution in [0.25, 0.3) is 0 Å². The Labute approximate surface area is 167 Å². The highest BCUT2D eigenvalue weighted by Gasteiger charge is 2.65. The van der Waals surface area contributed by atoms with Gasteiger partial charge in [0.05, 0.1) is 6.10 Å². The normalized spacial score (nSPS) is 40.5.